The van der Waals surface area contributed by atoms with Gasteiger partial charge in [0, 0.05) is 30.7 Å². The Morgan fingerprint density at radius 3 is 1.82 bits per heavy atom. The third-order valence-corrected chi connectivity index (χ3v) is 2.72. The summed E-state index contributed by atoms with van der Waals surface area (Å²) in [5, 5.41) is 0. The lowest BCUT2D eigenvalue weighted by Crippen LogP contribution is -2.68. The zero-order valence-electron chi connectivity index (χ0n) is 12.6. The molecule has 0 amide bonds. The van der Waals surface area contributed by atoms with Crippen molar-refractivity contribution in [2.75, 3.05) is 0 Å². The average molecular weight is 328 g/mol. The van der Waals surface area contributed by atoms with Crippen LogP contribution in [0.4, 0.5) is 0 Å². The zero-order chi connectivity index (χ0) is 16.8. The van der Waals surface area contributed by atoms with Crippen LogP contribution in [0.2, 0.25) is 0 Å². The van der Waals surface area contributed by atoms with E-state index in [1.54, 1.807) is 0 Å². The van der Waals surface area contributed by atoms with Crippen molar-refractivity contribution >= 4 is 0 Å². The maximum atomic E-state index is 8.49. The highest BCUT2D eigenvalue weighted by atomic mass is 35.7. The number of hydrogen-bond donors (Lipinski definition) is 0. The first kappa shape index (κ1) is 18.3. The van der Waals surface area contributed by atoms with Gasteiger partial charge < -0.3 is 0 Å². The molecular weight excluding hydrogens is 310 g/mol. The van der Waals surface area contributed by atoms with Gasteiger partial charge in [0.2, 0.25) is 11.4 Å². The van der Waals surface area contributed by atoms with Gasteiger partial charge in [-0.15, -0.1) is 10.2 Å². The summed E-state index contributed by atoms with van der Waals surface area (Å²) in [5.74, 6) is 0. The van der Waals surface area contributed by atoms with E-state index in [2.05, 4.69) is 45.0 Å². The maximum Gasteiger partial charge on any atom is 0.231 e. The molecule has 0 fully saturated rings. The Kier molecular flexibility index (Phi) is 6.73. The number of pyridine rings is 1. The summed E-state index contributed by atoms with van der Waals surface area (Å²) in [7, 11) is -4.94. The van der Waals surface area contributed by atoms with Gasteiger partial charge in [-0.1, -0.05) is 30.3 Å². The van der Waals surface area contributed by atoms with E-state index in [1.165, 1.54) is 11.1 Å². The summed E-state index contributed by atoms with van der Waals surface area (Å²) >= 11 is 0. The molecule has 1 heterocycles. The molecule has 0 saturated carbocycles. The number of aromatic nitrogens is 1. The lowest BCUT2D eigenvalue weighted by molar-refractivity contribution is -2.00. The number of benzene rings is 1. The molecule has 0 N–H and O–H groups in total. The van der Waals surface area contributed by atoms with Crippen LogP contribution >= 0.6 is 0 Å². The van der Waals surface area contributed by atoms with Gasteiger partial charge in [0.15, 0.2) is 6.61 Å². The monoisotopic (exact) mass is 327 g/mol. The van der Waals surface area contributed by atoms with Crippen LogP contribution in [0.25, 0.3) is 0 Å². The fraction of sp³-hybridized carbons (Fsp3) is 0.267. The molecule has 0 bridgehead atoms. The average Bonchev–Trinajstić information content (AvgIpc) is 2.36. The van der Waals surface area contributed by atoms with Crippen LogP contribution in [0, 0.1) is 31.0 Å². The van der Waals surface area contributed by atoms with Crippen molar-refractivity contribution in [1.29, 1.82) is 0 Å². The van der Waals surface area contributed by atoms with E-state index in [9.17, 15) is 0 Å². The van der Waals surface area contributed by atoms with E-state index in [4.69, 9.17) is 23.5 Å². The summed E-state index contributed by atoms with van der Waals surface area (Å²) in [6.45, 7) is 6.81. The minimum atomic E-state index is -4.94. The minimum Gasteiger partial charge on any atom is -0.266 e. The van der Waals surface area contributed by atoms with Crippen LogP contribution < -0.4 is 28.2 Å². The summed E-state index contributed by atoms with van der Waals surface area (Å²) < 4.78 is 35.9. The number of aryl methyl sites for hydroxylation is 3. The van der Waals surface area contributed by atoms with Crippen molar-refractivity contribution in [2.24, 2.45) is 0 Å². The third kappa shape index (κ3) is 7.35. The first-order valence-corrected chi connectivity index (χ1v) is 7.69. The van der Waals surface area contributed by atoms with E-state index < -0.39 is 10.2 Å². The van der Waals surface area contributed by atoms with Crippen molar-refractivity contribution in [2.45, 2.75) is 27.4 Å². The number of rotatable bonds is 3. The van der Waals surface area contributed by atoms with E-state index in [1.807, 2.05) is 22.9 Å². The summed E-state index contributed by atoms with van der Waals surface area (Å²) in [6.07, 6.45) is 0. The standard InChI is InChI=1S/C15H18NO.ClHO4/c1-12-9-13(2)16(14(3)10-12)17-11-15-7-5-4-6-8-15;2-1(3,4)5/h4-10H,11H2,1-3H3;(H,2,3,4,5)/q+1;/p-1. The molecule has 0 aliphatic rings. The molecule has 0 unspecified atom stereocenters. The number of hydrogen-bond acceptors (Lipinski definition) is 5. The normalized spacial score (nSPS) is 10.7. The van der Waals surface area contributed by atoms with Crippen LogP contribution in [0.15, 0.2) is 42.5 Å². The van der Waals surface area contributed by atoms with Gasteiger partial charge in [-0.25, -0.2) is 18.6 Å². The van der Waals surface area contributed by atoms with Crippen LogP contribution in [-0.2, 0) is 6.61 Å². The second kappa shape index (κ2) is 8.07. The van der Waals surface area contributed by atoms with Gasteiger partial charge in [-0.05, 0) is 18.1 Å². The molecule has 22 heavy (non-hydrogen) atoms. The maximum absolute atomic E-state index is 8.49. The Morgan fingerprint density at radius 1 is 0.909 bits per heavy atom. The largest absolute Gasteiger partial charge is 0.266 e. The second-order valence-electron chi connectivity index (χ2n) is 4.75. The van der Waals surface area contributed by atoms with Crippen molar-refractivity contribution in [3.05, 3.63) is 65.0 Å². The number of halogens is 1. The molecule has 0 radical (unpaired) electrons. The van der Waals surface area contributed by atoms with Crippen molar-refractivity contribution in [3.8, 4) is 0 Å². The van der Waals surface area contributed by atoms with Crippen LogP contribution in [0.1, 0.15) is 22.5 Å². The van der Waals surface area contributed by atoms with Gasteiger partial charge in [0.25, 0.3) is 0 Å². The first-order chi connectivity index (χ1) is 10.2. The smallest absolute Gasteiger partial charge is 0.231 e. The van der Waals surface area contributed by atoms with Gasteiger partial charge in [-0.2, -0.15) is 0 Å². The van der Waals surface area contributed by atoms with Crippen molar-refractivity contribution < 1.29 is 38.4 Å². The second-order valence-corrected chi connectivity index (χ2v) is 5.50. The van der Waals surface area contributed by atoms with Crippen LogP contribution in [-0.4, -0.2) is 0 Å². The molecule has 0 aliphatic carbocycles. The molecule has 2 aromatic rings. The Morgan fingerprint density at radius 2 is 1.36 bits per heavy atom. The lowest BCUT2D eigenvalue weighted by Gasteiger charge is -2.17. The molecule has 7 heteroatoms. The fourth-order valence-electron chi connectivity index (χ4n) is 2.01. The summed E-state index contributed by atoms with van der Waals surface area (Å²) in [6, 6.07) is 14.4. The Balaban J connectivity index is 0.000000422. The van der Waals surface area contributed by atoms with E-state index in [0.717, 1.165) is 11.4 Å². The Labute approximate surface area is 131 Å². The van der Waals surface area contributed by atoms with Gasteiger partial charge in [-0.3, -0.25) is 4.84 Å². The predicted molar refractivity (Wildman–Crippen MR) is 67.6 cm³/mol. The lowest BCUT2D eigenvalue weighted by atomic mass is 10.2. The highest BCUT2D eigenvalue weighted by molar-refractivity contribution is 5.14. The highest BCUT2D eigenvalue weighted by Crippen LogP contribution is 2.02. The predicted octanol–water partition coefficient (Wildman–Crippen LogP) is -2.23. The molecule has 0 aliphatic heterocycles. The fourth-order valence-corrected chi connectivity index (χ4v) is 2.01. The summed E-state index contributed by atoms with van der Waals surface area (Å²) in [4.78, 5) is 5.83. The van der Waals surface area contributed by atoms with Crippen LogP contribution in [0.5, 0.6) is 0 Å². The van der Waals surface area contributed by atoms with E-state index >= 15 is 0 Å². The zero-order valence-corrected chi connectivity index (χ0v) is 13.4. The van der Waals surface area contributed by atoms with Gasteiger partial charge in [0.05, 0.1) is 0 Å². The highest BCUT2D eigenvalue weighted by Gasteiger charge is 2.13. The van der Waals surface area contributed by atoms with Gasteiger partial charge in [0.1, 0.15) is 0 Å². The summed E-state index contributed by atoms with van der Waals surface area (Å²) in [5.41, 5.74) is 4.69. The SMILES string of the molecule is Cc1cc(C)[n+](OCc2ccccc2)c(C)c1.[O-][Cl+3]([O-])([O-])[O-]. The van der Waals surface area contributed by atoms with Crippen molar-refractivity contribution in [1.82, 2.24) is 0 Å². The molecule has 1 aromatic carbocycles. The number of nitrogens with zero attached hydrogens (tertiary/aromatic N) is 1. The molecule has 0 saturated heterocycles. The van der Waals surface area contributed by atoms with Crippen LogP contribution in [0.3, 0.4) is 0 Å². The molecule has 0 atom stereocenters. The first-order valence-electron chi connectivity index (χ1n) is 6.45. The van der Waals surface area contributed by atoms with E-state index in [-0.39, 0.29) is 0 Å². The Bertz CT molecular complexity index is 570. The Hall–Kier alpha value is -1.70. The molecule has 2 rings (SSSR count). The minimum absolute atomic E-state index is 0.593. The quantitative estimate of drug-likeness (QED) is 0.593. The van der Waals surface area contributed by atoms with E-state index in [0.29, 0.717) is 6.61 Å². The molecule has 1 aromatic heterocycles. The van der Waals surface area contributed by atoms with Gasteiger partial charge >= 0.3 is 0 Å². The molecule has 0 spiro atoms. The molecular formula is C15H18ClNO5. The molecule has 120 valence electrons. The molecule has 6 nitrogen and oxygen atoms in total. The topological polar surface area (TPSA) is 105 Å². The third-order valence-electron chi connectivity index (χ3n) is 2.72. The van der Waals surface area contributed by atoms with Crippen molar-refractivity contribution in [3.63, 3.8) is 0 Å².